The number of aliphatic carboxylic acids is 1. The summed E-state index contributed by atoms with van der Waals surface area (Å²) in [5.41, 5.74) is 0.532. The van der Waals surface area contributed by atoms with Gasteiger partial charge >= 0.3 is 5.97 Å². The van der Waals surface area contributed by atoms with Gasteiger partial charge in [0.15, 0.2) is 17.1 Å². The molecule has 5 nitrogen and oxygen atoms in total. The molecule has 0 bridgehead atoms. The summed E-state index contributed by atoms with van der Waals surface area (Å²) in [6.45, 7) is -0.380. The molecule has 0 aliphatic carbocycles. The van der Waals surface area contributed by atoms with Gasteiger partial charge in [-0.25, -0.2) is 13.8 Å². The summed E-state index contributed by atoms with van der Waals surface area (Å²) in [5.74, 6) is -2.97. The average molecular weight is 344 g/mol. The van der Waals surface area contributed by atoms with Crippen molar-refractivity contribution in [2.45, 2.75) is 19.4 Å². The van der Waals surface area contributed by atoms with Crippen LogP contribution in [0, 0.1) is 11.6 Å². The zero-order chi connectivity index (χ0) is 18.0. The van der Waals surface area contributed by atoms with E-state index in [1.807, 2.05) is 0 Å². The van der Waals surface area contributed by atoms with Crippen molar-refractivity contribution in [3.05, 3.63) is 75.7 Å². The molecule has 0 unspecified atom stereocenters. The van der Waals surface area contributed by atoms with Crippen LogP contribution in [0.2, 0.25) is 0 Å². The number of hydrogen-bond donors (Lipinski definition) is 1. The minimum absolute atomic E-state index is 0.126. The second kappa shape index (κ2) is 6.80. The Morgan fingerprint density at radius 2 is 1.96 bits per heavy atom. The van der Waals surface area contributed by atoms with Gasteiger partial charge in [0.1, 0.15) is 12.2 Å². The largest absolute Gasteiger partial charge is 0.480 e. The second-order valence-electron chi connectivity index (χ2n) is 5.57. The monoisotopic (exact) mass is 344 g/mol. The van der Waals surface area contributed by atoms with Crippen molar-refractivity contribution in [1.82, 2.24) is 9.55 Å². The highest BCUT2D eigenvalue weighted by Gasteiger charge is 2.14. The van der Waals surface area contributed by atoms with Crippen molar-refractivity contribution < 1.29 is 18.7 Å². The minimum Gasteiger partial charge on any atom is -0.480 e. The van der Waals surface area contributed by atoms with E-state index < -0.39 is 17.6 Å². The SMILES string of the molecule is O=C(O)Cn1c(CCc2cccc(F)c2F)cc(=O)c2cccnc21. The number of halogens is 2. The number of rotatable bonds is 5. The van der Waals surface area contributed by atoms with Crippen LogP contribution < -0.4 is 5.43 Å². The molecule has 0 fully saturated rings. The van der Waals surface area contributed by atoms with Gasteiger partial charge in [-0.2, -0.15) is 0 Å². The first kappa shape index (κ1) is 16.8. The van der Waals surface area contributed by atoms with Crippen molar-refractivity contribution in [3.8, 4) is 0 Å². The fourth-order valence-electron chi connectivity index (χ4n) is 2.77. The molecule has 2 aromatic heterocycles. The normalized spacial score (nSPS) is 11.0. The van der Waals surface area contributed by atoms with Gasteiger partial charge in [-0.15, -0.1) is 0 Å². The Balaban J connectivity index is 2.04. The zero-order valence-electron chi connectivity index (χ0n) is 13.1. The number of carboxylic acids is 1. The number of benzene rings is 1. The number of carboxylic acid groups (broad SMARTS) is 1. The average Bonchev–Trinajstić information content (AvgIpc) is 2.59. The van der Waals surface area contributed by atoms with Crippen molar-refractivity contribution in [2.24, 2.45) is 0 Å². The molecule has 0 aliphatic heterocycles. The Bertz CT molecular complexity index is 1010. The number of hydrogen-bond acceptors (Lipinski definition) is 3. The maximum absolute atomic E-state index is 13.8. The van der Waals surface area contributed by atoms with E-state index in [2.05, 4.69) is 4.98 Å². The molecular weight excluding hydrogens is 330 g/mol. The molecule has 2 heterocycles. The molecule has 0 amide bonds. The highest BCUT2D eigenvalue weighted by atomic mass is 19.2. The molecular formula is C18H14F2N2O3. The van der Waals surface area contributed by atoms with Gasteiger partial charge in [-0.1, -0.05) is 12.1 Å². The number of aromatic nitrogens is 2. The summed E-state index contributed by atoms with van der Waals surface area (Å²) >= 11 is 0. The van der Waals surface area contributed by atoms with Gasteiger partial charge in [0.05, 0.1) is 5.39 Å². The first-order valence-corrected chi connectivity index (χ1v) is 7.59. The third-order valence-electron chi connectivity index (χ3n) is 3.93. The summed E-state index contributed by atoms with van der Waals surface area (Å²) in [6, 6.07) is 8.37. The van der Waals surface area contributed by atoms with Crippen molar-refractivity contribution >= 4 is 17.0 Å². The van der Waals surface area contributed by atoms with Crippen LogP contribution in [0.25, 0.3) is 11.0 Å². The third kappa shape index (κ3) is 3.40. The van der Waals surface area contributed by atoms with Crippen LogP contribution in [0.1, 0.15) is 11.3 Å². The van der Waals surface area contributed by atoms with Crippen LogP contribution in [0.5, 0.6) is 0 Å². The van der Waals surface area contributed by atoms with Crippen LogP contribution >= 0.6 is 0 Å². The van der Waals surface area contributed by atoms with Crippen molar-refractivity contribution in [1.29, 1.82) is 0 Å². The number of aryl methyl sites for hydroxylation is 2. The summed E-state index contributed by atoms with van der Waals surface area (Å²) < 4.78 is 28.5. The van der Waals surface area contributed by atoms with E-state index in [1.165, 1.54) is 29.0 Å². The van der Waals surface area contributed by atoms with Gasteiger partial charge < -0.3 is 9.67 Å². The molecule has 7 heteroatoms. The van der Waals surface area contributed by atoms with Crippen LogP contribution in [0.3, 0.4) is 0 Å². The maximum Gasteiger partial charge on any atom is 0.323 e. The Kier molecular flexibility index (Phi) is 4.56. The number of fused-ring (bicyclic) bond motifs is 1. The van der Waals surface area contributed by atoms with Crippen LogP contribution in [-0.4, -0.2) is 20.6 Å². The number of nitrogens with zero attached hydrogens (tertiary/aromatic N) is 2. The van der Waals surface area contributed by atoms with Gasteiger partial charge in [0.25, 0.3) is 0 Å². The molecule has 0 radical (unpaired) electrons. The quantitative estimate of drug-likeness (QED) is 0.772. The zero-order valence-corrected chi connectivity index (χ0v) is 13.1. The molecule has 0 aliphatic rings. The third-order valence-corrected chi connectivity index (χ3v) is 3.93. The van der Waals surface area contributed by atoms with Crippen molar-refractivity contribution in [3.63, 3.8) is 0 Å². The predicted octanol–water partition coefficient (Wildman–Crippen LogP) is 2.54. The van der Waals surface area contributed by atoms with Crippen LogP contribution in [-0.2, 0) is 24.2 Å². The van der Waals surface area contributed by atoms with E-state index in [4.69, 9.17) is 5.11 Å². The highest BCUT2D eigenvalue weighted by molar-refractivity contribution is 5.77. The molecule has 0 saturated carbocycles. The van der Waals surface area contributed by atoms with Crippen molar-refractivity contribution in [2.75, 3.05) is 0 Å². The van der Waals surface area contributed by atoms with Gasteiger partial charge in [-0.3, -0.25) is 9.59 Å². The van der Waals surface area contributed by atoms with E-state index in [0.29, 0.717) is 11.1 Å². The van der Waals surface area contributed by atoms with Gasteiger partial charge in [-0.05, 0) is 36.6 Å². The molecule has 3 rings (SSSR count). The minimum atomic E-state index is -1.09. The second-order valence-corrected chi connectivity index (χ2v) is 5.57. The Morgan fingerprint density at radius 1 is 1.16 bits per heavy atom. The van der Waals surface area contributed by atoms with Crippen LogP contribution in [0.4, 0.5) is 8.78 Å². The molecule has 0 spiro atoms. The topological polar surface area (TPSA) is 72.2 Å². The molecule has 128 valence electrons. The van der Waals surface area contributed by atoms with E-state index >= 15 is 0 Å². The summed E-state index contributed by atoms with van der Waals surface area (Å²) in [5, 5.41) is 9.46. The molecule has 25 heavy (non-hydrogen) atoms. The Morgan fingerprint density at radius 3 is 2.72 bits per heavy atom. The van der Waals surface area contributed by atoms with Gasteiger partial charge in [0, 0.05) is 18.0 Å². The predicted molar refractivity (Wildman–Crippen MR) is 87.4 cm³/mol. The van der Waals surface area contributed by atoms with E-state index in [9.17, 15) is 18.4 Å². The molecule has 1 N–H and O–H groups in total. The van der Waals surface area contributed by atoms with E-state index in [-0.39, 0.29) is 36.0 Å². The van der Waals surface area contributed by atoms with E-state index in [1.54, 1.807) is 12.1 Å². The summed E-state index contributed by atoms with van der Waals surface area (Å²) in [6.07, 6.45) is 1.77. The first-order chi connectivity index (χ1) is 12.0. The summed E-state index contributed by atoms with van der Waals surface area (Å²) in [4.78, 5) is 27.5. The smallest absolute Gasteiger partial charge is 0.323 e. The standard InChI is InChI=1S/C18H14F2N2O3/c19-14-5-1-3-11(17(14)20)6-7-12-9-15(23)13-4-2-8-21-18(13)22(12)10-16(24)25/h1-5,8-9H,6-7,10H2,(H,24,25). The molecule has 3 aromatic rings. The fourth-order valence-corrected chi connectivity index (χ4v) is 2.77. The lowest BCUT2D eigenvalue weighted by molar-refractivity contribution is -0.137. The lowest BCUT2D eigenvalue weighted by Crippen LogP contribution is -2.20. The lowest BCUT2D eigenvalue weighted by Gasteiger charge is -2.14. The fraction of sp³-hybridized carbons (Fsp3) is 0.167. The maximum atomic E-state index is 13.8. The molecule has 1 aromatic carbocycles. The Hall–Kier alpha value is -3.09. The highest BCUT2D eigenvalue weighted by Crippen LogP contribution is 2.16. The first-order valence-electron chi connectivity index (χ1n) is 7.59. The lowest BCUT2D eigenvalue weighted by atomic mass is 10.1. The number of pyridine rings is 2. The van der Waals surface area contributed by atoms with Crippen LogP contribution in [0.15, 0.2) is 47.4 Å². The molecule has 0 atom stereocenters. The molecule has 0 saturated heterocycles. The Labute approximate surface area is 141 Å². The number of carbonyl (C=O) groups is 1. The van der Waals surface area contributed by atoms with Gasteiger partial charge in [0.2, 0.25) is 0 Å². The van der Waals surface area contributed by atoms with E-state index in [0.717, 1.165) is 6.07 Å². The summed E-state index contributed by atoms with van der Waals surface area (Å²) in [7, 11) is 0.